The van der Waals surface area contributed by atoms with Crippen LogP contribution < -0.4 is 0 Å². The maximum Gasteiger partial charge on any atom is 0.142 e. The Bertz CT molecular complexity index is 218. The van der Waals surface area contributed by atoms with E-state index in [0.717, 1.165) is 0 Å². The summed E-state index contributed by atoms with van der Waals surface area (Å²) in [6.07, 6.45) is 19.0. The van der Waals surface area contributed by atoms with Gasteiger partial charge in [0.1, 0.15) is 11.5 Å². The van der Waals surface area contributed by atoms with Gasteiger partial charge in [0.15, 0.2) is 0 Å². The molecule has 0 amide bonds. The van der Waals surface area contributed by atoms with Crippen LogP contribution in [-0.4, -0.2) is 0 Å². The Morgan fingerprint density at radius 3 is 1.32 bits per heavy atom. The Labute approximate surface area is 120 Å². The summed E-state index contributed by atoms with van der Waals surface area (Å²) in [4.78, 5) is 0. The summed E-state index contributed by atoms with van der Waals surface area (Å²) >= 11 is 0. The van der Waals surface area contributed by atoms with E-state index >= 15 is 0 Å². The van der Waals surface area contributed by atoms with Crippen LogP contribution >= 0.6 is 0 Å². The lowest BCUT2D eigenvalue weighted by Gasteiger charge is -1.96. The minimum atomic E-state index is 1.21. The summed E-state index contributed by atoms with van der Waals surface area (Å²) in [6, 6.07) is 0. The van der Waals surface area contributed by atoms with Gasteiger partial charge in [-0.15, -0.1) is 0 Å². The highest BCUT2D eigenvalue weighted by Gasteiger charge is 2.22. The fraction of sp³-hybridized carbons (Fsp3) is 0.889. The van der Waals surface area contributed by atoms with E-state index in [0.29, 0.717) is 0 Å². The summed E-state index contributed by atoms with van der Waals surface area (Å²) in [6.45, 7) is 4.55. The van der Waals surface area contributed by atoms with E-state index in [1.807, 2.05) is 0 Å². The summed E-state index contributed by atoms with van der Waals surface area (Å²) in [5.74, 6) is 2.67. The van der Waals surface area contributed by atoms with Crippen LogP contribution in [0.1, 0.15) is 104 Å². The molecule has 0 aliphatic carbocycles. The zero-order valence-electron chi connectivity index (χ0n) is 13.3. The number of hydrogen-bond acceptors (Lipinski definition) is 1. The van der Waals surface area contributed by atoms with Gasteiger partial charge in [0.25, 0.3) is 0 Å². The lowest BCUT2D eigenvalue weighted by Crippen LogP contribution is -1.79. The van der Waals surface area contributed by atoms with E-state index in [2.05, 4.69) is 13.8 Å². The molecule has 1 aliphatic heterocycles. The molecule has 0 aromatic rings. The largest absolute Gasteiger partial charge is 0.459 e. The van der Waals surface area contributed by atoms with Gasteiger partial charge in [-0.25, -0.2) is 0 Å². The minimum absolute atomic E-state index is 1.21. The van der Waals surface area contributed by atoms with Crippen LogP contribution in [0.3, 0.4) is 0 Å². The SMILES string of the molecule is CCCCCCCCC1=C(CCCCCCCC)O1. The molecule has 0 saturated heterocycles. The molecule has 1 aliphatic rings. The van der Waals surface area contributed by atoms with Gasteiger partial charge in [-0.1, -0.05) is 78.1 Å². The molecule has 0 aromatic carbocycles. The topological polar surface area (TPSA) is 12.5 Å². The molecule has 112 valence electrons. The first kappa shape index (κ1) is 16.6. The van der Waals surface area contributed by atoms with Crippen molar-refractivity contribution < 1.29 is 4.74 Å². The molecular formula is C18H34O. The monoisotopic (exact) mass is 266 g/mol. The van der Waals surface area contributed by atoms with Crippen LogP contribution in [0.5, 0.6) is 0 Å². The van der Waals surface area contributed by atoms with E-state index in [1.54, 1.807) is 0 Å². The Hall–Kier alpha value is -0.460. The molecule has 0 aromatic heterocycles. The third-order valence-corrected chi connectivity index (χ3v) is 4.03. The normalized spacial score (nSPS) is 13.8. The van der Waals surface area contributed by atoms with Crippen molar-refractivity contribution in [2.75, 3.05) is 0 Å². The molecule has 0 bridgehead atoms. The van der Waals surface area contributed by atoms with Crippen molar-refractivity contribution in [3.8, 4) is 0 Å². The molecule has 0 atom stereocenters. The first-order valence-corrected chi connectivity index (χ1v) is 8.78. The van der Waals surface area contributed by atoms with Crippen molar-refractivity contribution in [3.63, 3.8) is 0 Å². The number of rotatable bonds is 14. The van der Waals surface area contributed by atoms with Crippen LogP contribution in [0.2, 0.25) is 0 Å². The molecule has 1 heterocycles. The van der Waals surface area contributed by atoms with Gasteiger partial charge in [0, 0.05) is 12.8 Å². The molecule has 0 saturated carbocycles. The molecule has 19 heavy (non-hydrogen) atoms. The maximum absolute atomic E-state index is 5.61. The zero-order chi connectivity index (χ0) is 13.8. The molecule has 0 unspecified atom stereocenters. The van der Waals surface area contributed by atoms with E-state index < -0.39 is 0 Å². The molecular weight excluding hydrogens is 232 g/mol. The van der Waals surface area contributed by atoms with E-state index in [1.165, 1.54) is 101 Å². The maximum atomic E-state index is 5.61. The Morgan fingerprint density at radius 2 is 0.895 bits per heavy atom. The number of hydrogen-bond donors (Lipinski definition) is 0. The van der Waals surface area contributed by atoms with Gasteiger partial charge in [0.05, 0.1) is 0 Å². The Morgan fingerprint density at radius 1 is 0.526 bits per heavy atom. The predicted octanol–water partition coefficient (Wildman–Crippen LogP) is 6.73. The highest BCUT2D eigenvalue weighted by atomic mass is 16.6. The van der Waals surface area contributed by atoms with Crippen molar-refractivity contribution in [2.45, 2.75) is 104 Å². The molecule has 0 spiro atoms. The van der Waals surface area contributed by atoms with Gasteiger partial charge in [-0.3, -0.25) is 0 Å². The van der Waals surface area contributed by atoms with Gasteiger partial charge < -0.3 is 4.74 Å². The van der Waals surface area contributed by atoms with Crippen molar-refractivity contribution in [3.05, 3.63) is 11.5 Å². The van der Waals surface area contributed by atoms with Crippen LogP contribution in [0.4, 0.5) is 0 Å². The second-order valence-corrected chi connectivity index (χ2v) is 5.98. The van der Waals surface area contributed by atoms with Gasteiger partial charge in [-0.05, 0) is 12.8 Å². The van der Waals surface area contributed by atoms with Gasteiger partial charge >= 0.3 is 0 Å². The van der Waals surface area contributed by atoms with Crippen LogP contribution in [0.25, 0.3) is 0 Å². The second kappa shape index (κ2) is 11.4. The first-order valence-electron chi connectivity index (χ1n) is 8.78. The third kappa shape index (κ3) is 9.13. The number of allylic oxidation sites excluding steroid dienone is 2. The van der Waals surface area contributed by atoms with Crippen LogP contribution in [-0.2, 0) is 4.74 Å². The highest BCUT2D eigenvalue weighted by molar-refractivity contribution is 5.17. The molecule has 1 heteroatoms. The van der Waals surface area contributed by atoms with Crippen LogP contribution in [0.15, 0.2) is 11.5 Å². The van der Waals surface area contributed by atoms with Crippen molar-refractivity contribution >= 4 is 0 Å². The average Bonchev–Trinajstić information content (AvgIpc) is 3.16. The number of ether oxygens (including phenoxy) is 1. The summed E-state index contributed by atoms with van der Waals surface area (Å²) < 4.78 is 5.61. The molecule has 1 rings (SSSR count). The Kier molecular flexibility index (Phi) is 9.93. The molecule has 1 nitrogen and oxygen atoms in total. The fourth-order valence-electron chi connectivity index (χ4n) is 2.64. The van der Waals surface area contributed by atoms with Crippen molar-refractivity contribution in [2.24, 2.45) is 0 Å². The summed E-state index contributed by atoms with van der Waals surface area (Å²) in [5, 5.41) is 0. The van der Waals surface area contributed by atoms with E-state index in [4.69, 9.17) is 4.74 Å². The predicted molar refractivity (Wildman–Crippen MR) is 84.1 cm³/mol. The minimum Gasteiger partial charge on any atom is -0.459 e. The molecule has 0 N–H and O–H groups in total. The zero-order valence-corrected chi connectivity index (χ0v) is 13.3. The Balaban J connectivity index is 1.84. The van der Waals surface area contributed by atoms with E-state index in [-0.39, 0.29) is 0 Å². The number of unbranched alkanes of at least 4 members (excludes halogenated alkanes) is 10. The fourth-order valence-corrected chi connectivity index (χ4v) is 2.64. The summed E-state index contributed by atoms with van der Waals surface area (Å²) in [5.41, 5.74) is 0. The van der Waals surface area contributed by atoms with E-state index in [9.17, 15) is 0 Å². The van der Waals surface area contributed by atoms with Gasteiger partial charge in [0.2, 0.25) is 0 Å². The standard InChI is InChI=1S/C18H34O/c1-3-5-7-9-11-13-15-17-18(19-17)16-14-12-10-8-6-4-2/h3-16H2,1-2H3. The van der Waals surface area contributed by atoms with Crippen molar-refractivity contribution in [1.82, 2.24) is 0 Å². The molecule has 0 fully saturated rings. The first-order chi connectivity index (χ1) is 9.38. The van der Waals surface area contributed by atoms with Gasteiger partial charge in [-0.2, -0.15) is 0 Å². The second-order valence-electron chi connectivity index (χ2n) is 5.98. The lowest BCUT2D eigenvalue weighted by molar-refractivity contribution is 0.427. The van der Waals surface area contributed by atoms with Crippen molar-refractivity contribution in [1.29, 1.82) is 0 Å². The third-order valence-electron chi connectivity index (χ3n) is 4.03. The molecule has 0 radical (unpaired) electrons. The quantitative estimate of drug-likeness (QED) is 0.317. The van der Waals surface area contributed by atoms with Crippen LogP contribution in [0, 0.1) is 0 Å². The lowest BCUT2D eigenvalue weighted by atomic mass is 10.1. The summed E-state index contributed by atoms with van der Waals surface area (Å²) in [7, 11) is 0. The average molecular weight is 266 g/mol. The smallest absolute Gasteiger partial charge is 0.142 e. The highest BCUT2D eigenvalue weighted by Crippen LogP contribution is 2.35.